The van der Waals surface area contributed by atoms with Crippen LogP contribution in [-0.4, -0.2) is 49.2 Å². The lowest BCUT2D eigenvalue weighted by molar-refractivity contribution is 0.123. The van der Waals surface area contributed by atoms with Crippen LogP contribution in [0.4, 0.5) is 4.39 Å². The van der Waals surface area contributed by atoms with Crippen molar-refractivity contribution < 1.29 is 22.3 Å². The highest BCUT2D eigenvalue weighted by molar-refractivity contribution is 7.88. The first kappa shape index (κ1) is 18.5. The molecule has 1 saturated heterocycles. The molecule has 0 N–H and O–H groups in total. The highest BCUT2D eigenvalue weighted by Gasteiger charge is 2.30. The third-order valence-corrected chi connectivity index (χ3v) is 5.93. The second kappa shape index (κ2) is 7.96. The Morgan fingerprint density at radius 2 is 1.85 bits per heavy atom. The summed E-state index contributed by atoms with van der Waals surface area (Å²) < 4.78 is 50.4. The van der Waals surface area contributed by atoms with E-state index in [4.69, 9.17) is 9.47 Å². The van der Waals surface area contributed by atoms with E-state index in [0.717, 1.165) is 6.42 Å². The average molecular weight is 381 g/mol. The molecular formula is C17H20FN3O4S. The van der Waals surface area contributed by atoms with Gasteiger partial charge in [-0.1, -0.05) is 12.1 Å². The number of methoxy groups -OCH3 is 1. The number of rotatable bonds is 6. The summed E-state index contributed by atoms with van der Waals surface area (Å²) in [7, 11) is -2.01. The molecule has 1 aromatic carbocycles. The van der Waals surface area contributed by atoms with Gasteiger partial charge in [-0.05, 0) is 30.5 Å². The van der Waals surface area contributed by atoms with Crippen molar-refractivity contribution >= 4 is 10.0 Å². The van der Waals surface area contributed by atoms with Gasteiger partial charge in [0.25, 0.3) is 0 Å². The molecule has 2 heterocycles. The molecule has 2 aromatic rings. The standard InChI is InChI=1S/C17H20FN3O4S/c1-24-16-8-9-17(20-19-16)25-15-3-2-10-21(11-15)26(22,23)12-13-4-6-14(18)7-5-13/h4-9,15H,2-3,10-12H2,1H3. The molecule has 9 heteroatoms. The van der Waals surface area contributed by atoms with Gasteiger partial charge in [0, 0.05) is 18.7 Å². The Bertz CT molecular complexity index is 828. The fourth-order valence-electron chi connectivity index (χ4n) is 2.79. The smallest absolute Gasteiger partial charge is 0.233 e. The Morgan fingerprint density at radius 3 is 2.50 bits per heavy atom. The lowest BCUT2D eigenvalue weighted by Gasteiger charge is -2.31. The van der Waals surface area contributed by atoms with Crippen LogP contribution < -0.4 is 9.47 Å². The molecule has 1 aliphatic heterocycles. The van der Waals surface area contributed by atoms with Crippen molar-refractivity contribution in [3.8, 4) is 11.8 Å². The SMILES string of the molecule is COc1ccc(OC2CCCN(S(=O)(=O)Cc3ccc(F)cc3)C2)nn1. The van der Waals surface area contributed by atoms with Gasteiger partial charge in [0.15, 0.2) is 0 Å². The predicted octanol–water partition coefficient (Wildman–Crippen LogP) is 2.00. The van der Waals surface area contributed by atoms with Crippen molar-refractivity contribution in [1.29, 1.82) is 0 Å². The lowest BCUT2D eigenvalue weighted by atomic mass is 10.1. The van der Waals surface area contributed by atoms with Crippen LogP contribution in [0.1, 0.15) is 18.4 Å². The van der Waals surface area contributed by atoms with Gasteiger partial charge in [0.2, 0.25) is 21.8 Å². The summed E-state index contributed by atoms with van der Waals surface area (Å²) in [6.07, 6.45) is 1.13. The molecule has 1 atom stereocenters. The number of piperidine rings is 1. The maximum Gasteiger partial charge on any atom is 0.233 e. The number of aromatic nitrogens is 2. The molecule has 0 saturated carbocycles. The minimum atomic E-state index is -3.51. The van der Waals surface area contributed by atoms with Crippen molar-refractivity contribution in [1.82, 2.24) is 14.5 Å². The van der Waals surface area contributed by atoms with E-state index in [1.54, 1.807) is 12.1 Å². The zero-order valence-corrected chi connectivity index (χ0v) is 15.2. The monoisotopic (exact) mass is 381 g/mol. The predicted molar refractivity (Wildman–Crippen MR) is 92.8 cm³/mol. The van der Waals surface area contributed by atoms with Gasteiger partial charge in [-0.2, -0.15) is 4.31 Å². The number of halogens is 1. The number of hydrogen-bond donors (Lipinski definition) is 0. The average Bonchev–Trinajstić information content (AvgIpc) is 2.64. The molecule has 0 bridgehead atoms. The zero-order chi connectivity index (χ0) is 18.6. The van der Waals surface area contributed by atoms with E-state index in [9.17, 15) is 12.8 Å². The van der Waals surface area contributed by atoms with Gasteiger partial charge in [0.1, 0.15) is 11.9 Å². The summed E-state index contributed by atoms with van der Waals surface area (Å²) in [6.45, 7) is 0.689. The normalized spacial score (nSPS) is 18.5. The molecule has 1 fully saturated rings. The number of nitrogens with zero attached hydrogens (tertiary/aromatic N) is 3. The summed E-state index contributed by atoms with van der Waals surface area (Å²) in [6, 6.07) is 8.76. The van der Waals surface area contributed by atoms with Crippen LogP contribution in [0, 0.1) is 5.82 Å². The van der Waals surface area contributed by atoms with E-state index in [1.165, 1.54) is 35.7 Å². The maximum absolute atomic E-state index is 13.0. The Balaban J connectivity index is 1.63. The molecule has 140 valence electrons. The van der Waals surface area contributed by atoms with E-state index in [2.05, 4.69) is 10.2 Å². The minimum Gasteiger partial charge on any atom is -0.480 e. The largest absolute Gasteiger partial charge is 0.480 e. The Kier molecular flexibility index (Phi) is 5.67. The van der Waals surface area contributed by atoms with Crippen molar-refractivity contribution in [2.24, 2.45) is 0 Å². The molecule has 0 radical (unpaired) electrons. The van der Waals surface area contributed by atoms with Crippen LogP contribution in [0.25, 0.3) is 0 Å². The van der Waals surface area contributed by atoms with Crippen molar-refractivity contribution in [2.45, 2.75) is 24.7 Å². The maximum atomic E-state index is 13.0. The summed E-state index contributed by atoms with van der Waals surface area (Å²) in [5.74, 6) is 0.152. The van der Waals surface area contributed by atoms with Crippen molar-refractivity contribution in [3.63, 3.8) is 0 Å². The lowest BCUT2D eigenvalue weighted by Crippen LogP contribution is -2.44. The van der Waals surface area contributed by atoms with Crippen LogP contribution >= 0.6 is 0 Å². The first-order valence-corrected chi connectivity index (χ1v) is 9.84. The molecule has 3 rings (SSSR count). The third-order valence-electron chi connectivity index (χ3n) is 4.11. The summed E-state index contributed by atoms with van der Waals surface area (Å²) in [5.41, 5.74) is 0.551. The topological polar surface area (TPSA) is 81.6 Å². The van der Waals surface area contributed by atoms with E-state index >= 15 is 0 Å². The van der Waals surface area contributed by atoms with Gasteiger partial charge in [-0.25, -0.2) is 12.8 Å². The molecule has 1 aliphatic rings. The van der Waals surface area contributed by atoms with E-state index in [1.807, 2.05) is 0 Å². The number of sulfonamides is 1. The fourth-order valence-corrected chi connectivity index (χ4v) is 4.38. The zero-order valence-electron chi connectivity index (χ0n) is 14.3. The van der Waals surface area contributed by atoms with Crippen LogP contribution in [0.3, 0.4) is 0 Å². The molecule has 0 amide bonds. The second-order valence-electron chi connectivity index (χ2n) is 6.04. The van der Waals surface area contributed by atoms with Crippen LogP contribution in [0.15, 0.2) is 36.4 Å². The number of hydrogen-bond acceptors (Lipinski definition) is 6. The molecule has 1 unspecified atom stereocenters. The van der Waals surface area contributed by atoms with E-state index < -0.39 is 15.8 Å². The Hall–Kier alpha value is -2.26. The van der Waals surface area contributed by atoms with E-state index in [0.29, 0.717) is 30.3 Å². The first-order valence-electron chi connectivity index (χ1n) is 8.23. The number of benzene rings is 1. The van der Waals surface area contributed by atoms with Gasteiger partial charge in [-0.3, -0.25) is 0 Å². The van der Waals surface area contributed by atoms with Gasteiger partial charge in [0.05, 0.1) is 19.4 Å². The molecular weight excluding hydrogens is 361 g/mol. The highest BCUT2D eigenvalue weighted by atomic mass is 32.2. The van der Waals surface area contributed by atoms with Gasteiger partial charge >= 0.3 is 0 Å². The van der Waals surface area contributed by atoms with Crippen LogP contribution in [-0.2, 0) is 15.8 Å². The fraction of sp³-hybridized carbons (Fsp3) is 0.412. The molecule has 0 aliphatic carbocycles. The Morgan fingerprint density at radius 1 is 1.15 bits per heavy atom. The minimum absolute atomic E-state index is 0.164. The highest BCUT2D eigenvalue weighted by Crippen LogP contribution is 2.21. The molecule has 7 nitrogen and oxygen atoms in total. The quantitative estimate of drug-likeness (QED) is 0.761. The van der Waals surface area contributed by atoms with Crippen LogP contribution in [0.5, 0.6) is 11.8 Å². The summed E-state index contributed by atoms with van der Waals surface area (Å²) in [4.78, 5) is 0. The van der Waals surface area contributed by atoms with Gasteiger partial charge < -0.3 is 9.47 Å². The molecule has 26 heavy (non-hydrogen) atoms. The molecule has 0 spiro atoms. The van der Waals surface area contributed by atoms with Crippen molar-refractivity contribution in [2.75, 3.05) is 20.2 Å². The molecule has 1 aromatic heterocycles. The summed E-state index contributed by atoms with van der Waals surface area (Å²) in [5, 5.41) is 7.74. The number of ether oxygens (including phenoxy) is 2. The Labute approximate surface area is 151 Å². The van der Waals surface area contributed by atoms with Crippen LogP contribution in [0.2, 0.25) is 0 Å². The van der Waals surface area contributed by atoms with Gasteiger partial charge in [-0.15, -0.1) is 10.2 Å². The summed E-state index contributed by atoms with van der Waals surface area (Å²) >= 11 is 0. The van der Waals surface area contributed by atoms with E-state index in [-0.39, 0.29) is 18.4 Å². The van der Waals surface area contributed by atoms with Crippen molar-refractivity contribution in [3.05, 3.63) is 47.8 Å². The third kappa shape index (κ3) is 4.67. The second-order valence-corrected chi connectivity index (χ2v) is 8.01. The first-order chi connectivity index (χ1) is 12.5.